The standard InChI is InChI=1S/C14H18ClF3N2O2S.ClH/c15-13-5-4-11(9-12(13)14(16,17)18)23(21,22)20-8-2-1-3-10(20)6-7-19;/h4-5,9-10H,1-3,6-8,19H2;1H. The maximum atomic E-state index is 12.9. The number of rotatable bonds is 4. The van der Waals surface area contributed by atoms with Crippen molar-refractivity contribution in [1.82, 2.24) is 4.31 Å². The Bertz CT molecular complexity index is 666. The molecule has 10 heteroatoms. The van der Waals surface area contributed by atoms with Crippen LogP contribution < -0.4 is 5.73 Å². The largest absolute Gasteiger partial charge is 0.417 e. The normalized spacial score (nSPS) is 19.8. The van der Waals surface area contributed by atoms with E-state index in [1.807, 2.05) is 0 Å². The predicted molar refractivity (Wildman–Crippen MR) is 88.9 cm³/mol. The van der Waals surface area contributed by atoms with Gasteiger partial charge in [-0.05, 0) is 44.0 Å². The number of alkyl halides is 3. The van der Waals surface area contributed by atoms with E-state index < -0.39 is 31.7 Å². The topological polar surface area (TPSA) is 63.4 Å². The van der Waals surface area contributed by atoms with E-state index in [9.17, 15) is 21.6 Å². The van der Waals surface area contributed by atoms with Crippen LogP contribution >= 0.6 is 24.0 Å². The molecular formula is C14H19Cl2F3N2O2S. The molecule has 1 aromatic carbocycles. The molecule has 1 aromatic rings. The minimum Gasteiger partial charge on any atom is -0.330 e. The number of benzene rings is 1. The van der Waals surface area contributed by atoms with Gasteiger partial charge >= 0.3 is 6.18 Å². The second-order valence-electron chi connectivity index (χ2n) is 5.48. The fourth-order valence-electron chi connectivity index (χ4n) is 2.79. The Morgan fingerprint density at radius 2 is 1.96 bits per heavy atom. The molecule has 4 nitrogen and oxygen atoms in total. The Morgan fingerprint density at radius 1 is 1.29 bits per heavy atom. The quantitative estimate of drug-likeness (QED) is 0.829. The lowest BCUT2D eigenvalue weighted by Gasteiger charge is -2.34. The lowest BCUT2D eigenvalue weighted by molar-refractivity contribution is -0.137. The molecule has 0 saturated carbocycles. The maximum absolute atomic E-state index is 12.9. The minimum absolute atomic E-state index is 0. The molecule has 0 spiro atoms. The zero-order chi connectivity index (χ0) is 17.3. The first-order chi connectivity index (χ1) is 10.7. The third kappa shape index (κ3) is 4.54. The van der Waals surface area contributed by atoms with Gasteiger partial charge in [0.25, 0.3) is 0 Å². The summed E-state index contributed by atoms with van der Waals surface area (Å²) in [5, 5.41) is -0.520. The van der Waals surface area contributed by atoms with Crippen LogP contribution in [0.2, 0.25) is 5.02 Å². The molecule has 24 heavy (non-hydrogen) atoms. The number of hydrogen-bond acceptors (Lipinski definition) is 3. The van der Waals surface area contributed by atoms with Crippen LogP contribution in [0.4, 0.5) is 13.2 Å². The minimum atomic E-state index is -4.71. The molecule has 1 aliphatic rings. The first-order valence-electron chi connectivity index (χ1n) is 7.26. The zero-order valence-electron chi connectivity index (χ0n) is 12.7. The predicted octanol–water partition coefficient (Wildman–Crippen LogP) is 3.67. The number of nitrogens with two attached hydrogens (primary N) is 1. The molecule has 0 radical (unpaired) electrons. The summed E-state index contributed by atoms with van der Waals surface area (Å²) in [4.78, 5) is -0.391. The Morgan fingerprint density at radius 3 is 2.54 bits per heavy atom. The molecule has 1 aliphatic heterocycles. The molecule has 1 heterocycles. The Labute approximate surface area is 150 Å². The van der Waals surface area contributed by atoms with Gasteiger partial charge in [0, 0.05) is 12.6 Å². The van der Waals surface area contributed by atoms with Crippen molar-refractivity contribution in [1.29, 1.82) is 0 Å². The molecule has 1 atom stereocenters. The monoisotopic (exact) mass is 406 g/mol. The third-order valence-electron chi connectivity index (χ3n) is 3.92. The highest BCUT2D eigenvalue weighted by atomic mass is 35.5. The Hall–Kier alpha value is -0.540. The van der Waals surface area contributed by atoms with E-state index in [1.165, 1.54) is 4.31 Å². The van der Waals surface area contributed by atoms with Gasteiger partial charge in [-0.25, -0.2) is 8.42 Å². The number of halogens is 5. The second kappa shape index (κ2) is 8.23. The van der Waals surface area contributed by atoms with E-state index in [4.69, 9.17) is 17.3 Å². The van der Waals surface area contributed by atoms with Crippen molar-refractivity contribution in [3.8, 4) is 0 Å². The summed E-state index contributed by atoms with van der Waals surface area (Å²) in [6.07, 6.45) is -2.00. The molecule has 138 valence electrons. The molecule has 0 aromatic heterocycles. The number of nitrogens with zero attached hydrogens (tertiary/aromatic N) is 1. The lowest BCUT2D eigenvalue weighted by Crippen LogP contribution is -2.44. The highest BCUT2D eigenvalue weighted by Crippen LogP contribution is 2.37. The van der Waals surface area contributed by atoms with Crippen molar-refractivity contribution in [2.45, 2.75) is 42.8 Å². The Balaban J connectivity index is 0.00000288. The SMILES string of the molecule is Cl.NCCC1CCCCN1S(=O)(=O)c1ccc(Cl)c(C(F)(F)F)c1. The van der Waals surface area contributed by atoms with Crippen molar-refractivity contribution < 1.29 is 21.6 Å². The lowest BCUT2D eigenvalue weighted by atomic mass is 10.0. The van der Waals surface area contributed by atoms with Gasteiger partial charge in [-0.2, -0.15) is 17.5 Å². The molecule has 2 rings (SSSR count). The van der Waals surface area contributed by atoms with Crippen LogP contribution in [0.3, 0.4) is 0 Å². The molecule has 2 N–H and O–H groups in total. The van der Waals surface area contributed by atoms with E-state index in [-0.39, 0.29) is 25.0 Å². The van der Waals surface area contributed by atoms with Crippen LogP contribution in [0.1, 0.15) is 31.2 Å². The molecule has 0 amide bonds. The van der Waals surface area contributed by atoms with Crippen molar-refractivity contribution in [2.24, 2.45) is 5.73 Å². The smallest absolute Gasteiger partial charge is 0.330 e. The maximum Gasteiger partial charge on any atom is 0.417 e. The van der Waals surface area contributed by atoms with Crippen LogP contribution in [0.5, 0.6) is 0 Å². The first-order valence-corrected chi connectivity index (χ1v) is 9.08. The molecule has 1 unspecified atom stereocenters. The molecule has 1 fully saturated rings. The van der Waals surface area contributed by atoms with Crippen LogP contribution in [0.25, 0.3) is 0 Å². The summed E-state index contributed by atoms with van der Waals surface area (Å²) in [5.74, 6) is 0. The van der Waals surface area contributed by atoms with E-state index >= 15 is 0 Å². The second-order valence-corrected chi connectivity index (χ2v) is 7.78. The van der Waals surface area contributed by atoms with Gasteiger partial charge in [-0.15, -0.1) is 12.4 Å². The fourth-order valence-corrected chi connectivity index (χ4v) is 4.76. The van der Waals surface area contributed by atoms with Crippen molar-refractivity contribution in [3.63, 3.8) is 0 Å². The van der Waals surface area contributed by atoms with Crippen LogP contribution in [0, 0.1) is 0 Å². The summed E-state index contributed by atoms with van der Waals surface area (Å²) in [7, 11) is -4.01. The van der Waals surface area contributed by atoms with Gasteiger partial charge in [0.1, 0.15) is 0 Å². The van der Waals surface area contributed by atoms with E-state index in [0.717, 1.165) is 18.6 Å². The Kier molecular flexibility index (Phi) is 7.37. The van der Waals surface area contributed by atoms with Gasteiger partial charge in [-0.3, -0.25) is 0 Å². The van der Waals surface area contributed by atoms with Crippen LogP contribution in [-0.2, 0) is 16.2 Å². The van der Waals surface area contributed by atoms with Gasteiger partial charge in [0.05, 0.1) is 15.5 Å². The van der Waals surface area contributed by atoms with E-state index in [1.54, 1.807) is 0 Å². The summed E-state index contributed by atoms with van der Waals surface area (Å²) >= 11 is 5.55. The zero-order valence-corrected chi connectivity index (χ0v) is 15.1. The molecule has 0 aliphatic carbocycles. The fraction of sp³-hybridized carbons (Fsp3) is 0.571. The van der Waals surface area contributed by atoms with Crippen LogP contribution in [-0.4, -0.2) is 31.9 Å². The van der Waals surface area contributed by atoms with E-state index in [0.29, 0.717) is 31.9 Å². The number of hydrogen-bond donors (Lipinski definition) is 1. The van der Waals surface area contributed by atoms with Gasteiger partial charge in [0.15, 0.2) is 0 Å². The first kappa shape index (κ1) is 21.5. The summed E-state index contributed by atoms with van der Waals surface area (Å²) in [6, 6.07) is 2.41. The number of piperidine rings is 1. The summed E-state index contributed by atoms with van der Waals surface area (Å²) < 4.78 is 65.6. The molecule has 1 saturated heterocycles. The molecule has 0 bridgehead atoms. The summed E-state index contributed by atoms with van der Waals surface area (Å²) in [5.41, 5.74) is 4.37. The average molecular weight is 407 g/mol. The average Bonchev–Trinajstić information content (AvgIpc) is 2.47. The number of sulfonamides is 1. The van der Waals surface area contributed by atoms with Crippen molar-refractivity contribution in [3.05, 3.63) is 28.8 Å². The van der Waals surface area contributed by atoms with Crippen LogP contribution in [0.15, 0.2) is 23.1 Å². The van der Waals surface area contributed by atoms with E-state index in [2.05, 4.69) is 0 Å². The molecular weight excluding hydrogens is 388 g/mol. The van der Waals surface area contributed by atoms with Crippen molar-refractivity contribution in [2.75, 3.05) is 13.1 Å². The van der Waals surface area contributed by atoms with Gasteiger partial charge in [0.2, 0.25) is 10.0 Å². The third-order valence-corrected chi connectivity index (χ3v) is 6.20. The van der Waals surface area contributed by atoms with Gasteiger partial charge in [-0.1, -0.05) is 18.0 Å². The highest BCUT2D eigenvalue weighted by molar-refractivity contribution is 7.89. The summed E-state index contributed by atoms with van der Waals surface area (Å²) in [6.45, 7) is 0.613. The highest BCUT2D eigenvalue weighted by Gasteiger charge is 2.37. The van der Waals surface area contributed by atoms with Gasteiger partial charge < -0.3 is 5.73 Å². The van der Waals surface area contributed by atoms with Crippen molar-refractivity contribution >= 4 is 34.0 Å².